The molecule has 2 heterocycles. The Kier molecular flexibility index (Phi) is 6.03. The topological polar surface area (TPSA) is 83.1 Å². The smallest absolute Gasteiger partial charge is 0.256 e. The van der Waals surface area contributed by atoms with Crippen molar-refractivity contribution in [3.63, 3.8) is 0 Å². The Hall–Kier alpha value is -2.38. The van der Waals surface area contributed by atoms with Gasteiger partial charge in [-0.25, -0.2) is 4.98 Å². The number of hydrogen-bond donors (Lipinski definition) is 3. The molecule has 1 aromatic heterocycles. The molecule has 130 valence electrons. The van der Waals surface area contributed by atoms with Crippen molar-refractivity contribution in [1.82, 2.24) is 10.3 Å². The van der Waals surface area contributed by atoms with Gasteiger partial charge in [0.2, 0.25) is 5.91 Å². The Labute approximate surface area is 150 Å². The van der Waals surface area contributed by atoms with Gasteiger partial charge < -0.3 is 16.0 Å². The minimum atomic E-state index is -0.217. The third-order valence-electron chi connectivity index (χ3n) is 3.76. The van der Waals surface area contributed by atoms with Gasteiger partial charge in [0.15, 0.2) is 0 Å². The largest absolute Gasteiger partial charge is 0.325 e. The zero-order chi connectivity index (χ0) is 17.5. The van der Waals surface area contributed by atoms with Crippen molar-refractivity contribution in [1.29, 1.82) is 0 Å². The molecule has 1 aliphatic heterocycles. The van der Waals surface area contributed by atoms with Crippen molar-refractivity contribution in [3.05, 3.63) is 54.2 Å². The zero-order valence-electron chi connectivity index (χ0n) is 13.7. The van der Waals surface area contributed by atoms with Crippen molar-refractivity contribution in [2.75, 3.05) is 28.7 Å². The van der Waals surface area contributed by atoms with Gasteiger partial charge in [-0.3, -0.25) is 9.59 Å². The molecular formula is C18H20N4O2S. The van der Waals surface area contributed by atoms with E-state index < -0.39 is 0 Å². The molecule has 2 amide bonds. The Morgan fingerprint density at radius 1 is 1.16 bits per heavy atom. The average Bonchev–Trinajstić information content (AvgIpc) is 2.65. The molecule has 0 spiro atoms. The van der Waals surface area contributed by atoms with Crippen LogP contribution in [0.3, 0.4) is 0 Å². The van der Waals surface area contributed by atoms with Crippen molar-refractivity contribution in [2.24, 2.45) is 0 Å². The second-order valence-electron chi connectivity index (χ2n) is 5.73. The van der Waals surface area contributed by atoms with E-state index in [1.807, 2.05) is 17.8 Å². The van der Waals surface area contributed by atoms with Crippen LogP contribution in [-0.4, -0.2) is 40.9 Å². The summed E-state index contributed by atoms with van der Waals surface area (Å²) in [5.41, 5.74) is 1.19. The van der Waals surface area contributed by atoms with E-state index in [0.29, 0.717) is 23.5 Å². The molecule has 6 nitrogen and oxygen atoms in total. The van der Waals surface area contributed by atoms with E-state index in [-0.39, 0.29) is 17.9 Å². The minimum Gasteiger partial charge on any atom is -0.325 e. The van der Waals surface area contributed by atoms with Gasteiger partial charge in [-0.1, -0.05) is 18.2 Å². The fourth-order valence-corrected chi connectivity index (χ4v) is 3.46. The number of nitrogens with one attached hydrogen (secondary N) is 3. The summed E-state index contributed by atoms with van der Waals surface area (Å²) < 4.78 is 0. The first kappa shape index (κ1) is 17.4. The third kappa shape index (κ3) is 5.30. The molecule has 1 aromatic carbocycles. The second-order valence-corrected chi connectivity index (χ2v) is 6.88. The number of aromatic nitrogens is 1. The predicted molar refractivity (Wildman–Crippen MR) is 101 cm³/mol. The van der Waals surface area contributed by atoms with Crippen molar-refractivity contribution in [2.45, 2.75) is 12.5 Å². The molecular weight excluding hydrogens is 336 g/mol. The molecule has 2 aromatic rings. The maximum atomic E-state index is 12.1. The standard InChI is InChI=1S/C18H20N4O2S/c23-17(10-15-12-25-9-8-19-15)21-14-6-7-16(20-11-14)22-18(24)13-4-2-1-3-5-13/h1-7,11,15,19H,8-10,12H2,(H,21,23)(H,20,22,24). The van der Waals surface area contributed by atoms with Gasteiger partial charge in [-0.2, -0.15) is 11.8 Å². The van der Waals surface area contributed by atoms with E-state index >= 15 is 0 Å². The number of thioether (sulfide) groups is 1. The maximum Gasteiger partial charge on any atom is 0.256 e. The Bertz CT molecular complexity index is 716. The number of pyridine rings is 1. The molecule has 3 N–H and O–H groups in total. The van der Waals surface area contributed by atoms with Gasteiger partial charge in [0.05, 0.1) is 11.9 Å². The molecule has 1 fully saturated rings. The first-order valence-electron chi connectivity index (χ1n) is 8.14. The third-order valence-corrected chi connectivity index (χ3v) is 4.89. The normalized spacial score (nSPS) is 16.9. The number of anilines is 2. The van der Waals surface area contributed by atoms with Gasteiger partial charge >= 0.3 is 0 Å². The second kappa shape index (κ2) is 8.64. The van der Waals surface area contributed by atoms with Crippen LogP contribution in [0.4, 0.5) is 11.5 Å². The van der Waals surface area contributed by atoms with E-state index in [0.717, 1.165) is 18.1 Å². The van der Waals surface area contributed by atoms with Crippen molar-refractivity contribution >= 4 is 35.1 Å². The summed E-state index contributed by atoms with van der Waals surface area (Å²) in [5.74, 6) is 2.24. The van der Waals surface area contributed by atoms with E-state index in [9.17, 15) is 9.59 Å². The molecule has 1 aliphatic rings. The Morgan fingerprint density at radius 3 is 2.68 bits per heavy atom. The highest BCUT2D eigenvalue weighted by Crippen LogP contribution is 2.14. The number of amides is 2. The Morgan fingerprint density at radius 2 is 2.00 bits per heavy atom. The van der Waals surface area contributed by atoms with Gasteiger partial charge in [0, 0.05) is 36.1 Å². The molecule has 1 saturated heterocycles. The summed E-state index contributed by atoms with van der Waals surface area (Å²) in [6.45, 7) is 0.944. The lowest BCUT2D eigenvalue weighted by molar-refractivity contribution is -0.116. The minimum absolute atomic E-state index is 0.0390. The number of carbonyl (C=O) groups excluding carboxylic acids is 2. The van der Waals surface area contributed by atoms with E-state index in [4.69, 9.17) is 0 Å². The van der Waals surface area contributed by atoms with Crippen LogP contribution in [0, 0.1) is 0 Å². The summed E-state index contributed by atoms with van der Waals surface area (Å²) in [4.78, 5) is 28.3. The highest BCUT2D eigenvalue weighted by atomic mass is 32.2. The highest BCUT2D eigenvalue weighted by Gasteiger charge is 2.16. The number of rotatable bonds is 5. The first-order chi connectivity index (χ1) is 12.2. The summed E-state index contributed by atoms with van der Waals surface area (Å²) >= 11 is 1.86. The number of hydrogen-bond acceptors (Lipinski definition) is 5. The van der Waals surface area contributed by atoms with Gasteiger partial charge in [0.1, 0.15) is 5.82 Å². The molecule has 1 unspecified atom stereocenters. The summed E-state index contributed by atoms with van der Waals surface area (Å²) in [7, 11) is 0. The number of nitrogens with zero attached hydrogens (tertiary/aromatic N) is 1. The average molecular weight is 356 g/mol. The van der Waals surface area contributed by atoms with Gasteiger partial charge in [-0.05, 0) is 24.3 Å². The monoisotopic (exact) mass is 356 g/mol. The lowest BCUT2D eigenvalue weighted by atomic mass is 10.2. The van der Waals surface area contributed by atoms with E-state index in [1.165, 1.54) is 0 Å². The van der Waals surface area contributed by atoms with Crippen LogP contribution < -0.4 is 16.0 Å². The molecule has 3 rings (SSSR count). The predicted octanol–water partition coefficient (Wildman–Crippen LogP) is 2.37. The highest BCUT2D eigenvalue weighted by molar-refractivity contribution is 7.99. The van der Waals surface area contributed by atoms with Crippen molar-refractivity contribution < 1.29 is 9.59 Å². The SMILES string of the molecule is O=C(CC1CSCCN1)Nc1ccc(NC(=O)c2ccccc2)nc1. The maximum absolute atomic E-state index is 12.1. The molecule has 0 bridgehead atoms. The van der Waals surface area contributed by atoms with Crippen LogP contribution in [0.5, 0.6) is 0 Å². The molecule has 1 atom stereocenters. The van der Waals surface area contributed by atoms with Crippen LogP contribution in [0.1, 0.15) is 16.8 Å². The van der Waals surface area contributed by atoms with Crippen molar-refractivity contribution in [3.8, 4) is 0 Å². The first-order valence-corrected chi connectivity index (χ1v) is 9.29. The van der Waals surface area contributed by atoms with E-state index in [2.05, 4.69) is 20.9 Å². The molecule has 0 radical (unpaired) electrons. The van der Waals surface area contributed by atoms with Crippen LogP contribution >= 0.6 is 11.8 Å². The van der Waals surface area contributed by atoms with E-state index in [1.54, 1.807) is 42.6 Å². The summed E-state index contributed by atoms with van der Waals surface area (Å²) in [5, 5.41) is 8.90. The summed E-state index contributed by atoms with van der Waals surface area (Å²) in [6, 6.07) is 12.6. The molecule has 7 heteroatoms. The quantitative estimate of drug-likeness (QED) is 0.766. The van der Waals surface area contributed by atoms with Crippen LogP contribution in [0.25, 0.3) is 0 Å². The molecule has 0 saturated carbocycles. The lowest BCUT2D eigenvalue weighted by Crippen LogP contribution is -2.39. The number of carbonyl (C=O) groups is 2. The molecule has 25 heavy (non-hydrogen) atoms. The zero-order valence-corrected chi connectivity index (χ0v) is 14.5. The fraction of sp³-hybridized carbons (Fsp3) is 0.278. The molecule has 0 aliphatic carbocycles. The lowest BCUT2D eigenvalue weighted by Gasteiger charge is -2.22. The fourth-order valence-electron chi connectivity index (χ4n) is 2.51. The van der Waals surface area contributed by atoms with Crippen LogP contribution in [-0.2, 0) is 4.79 Å². The van der Waals surface area contributed by atoms with Gasteiger partial charge in [0.25, 0.3) is 5.91 Å². The summed E-state index contributed by atoms with van der Waals surface area (Å²) in [6.07, 6.45) is 1.99. The number of benzene rings is 1. The van der Waals surface area contributed by atoms with Gasteiger partial charge in [-0.15, -0.1) is 0 Å². The Balaban J connectivity index is 1.51. The van der Waals surface area contributed by atoms with Crippen LogP contribution in [0.2, 0.25) is 0 Å². The van der Waals surface area contributed by atoms with Crippen LogP contribution in [0.15, 0.2) is 48.7 Å².